The number of furan rings is 1. The lowest BCUT2D eigenvalue weighted by Gasteiger charge is -2.20. The number of hydrogen-bond donors (Lipinski definition) is 0. The molecule has 0 radical (unpaired) electrons. The van der Waals surface area contributed by atoms with E-state index in [1.54, 1.807) is 49.7 Å². The van der Waals surface area contributed by atoms with Crippen molar-refractivity contribution in [2.24, 2.45) is 5.10 Å². The zero-order valence-electron chi connectivity index (χ0n) is 15.2. The molecule has 0 fully saturated rings. The Morgan fingerprint density at radius 3 is 2.71 bits per heavy atom. The van der Waals surface area contributed by atoms with Gasteiger partial charge in [0.1, 0.15) is 18.3 Å². The molecule has 0 N–H and O–H groups in total. The lowest BCUT2D eigenvalue weighted by atomic mass is 10.0. The molecule has 0 aliphatic carbocycles. The first-order valence-electron chi connectivity index (χ1n) is 8.88. The molecule has 1 aromatic carbocycles. The Labute approximate surface area is 166 Å². The van der Waals surface area contributed by atoms with Gasteiger partial charge in [-0.25, -0.2) is 5.01 Å². The first kappa shape index (κ1) is 18.3. The summed E-state index contributed by atoms with van der Waals surface area (Å²) in [5, 5.41) is 6.61. The Bertz CT molecular complexity index is 1080. The van der Waals surface area contributed by atoms with Gasteiger partial charge in [-0.2, -0.15) is 5.10 Å². The van der Waals surface area contributed by atoms with E-state index in [4.69, 9.17) is 16.0 Å². The summed E-state index contributed by atoms with van der Waals surface area (Å²) >= 11 is 5.97. The lowest BCUT2D eigenvalue weighted by molar-refractivity contribution is -0.134. The lowest BCUT2D eigenvalue weighted by Crippen LogP contribution is -2.34. The highest BCUT2D eigenvalue weighted by atomic mass is 35.5. The molecule has 3 aromatic rings. The molecule has 0 bridgehead atoms. The number of aryl methyl sites for hydroxylation is 1. The Morgan fingerprint density at radius 1 is 1.21 bits per heavy atom. The van der Waals surface area contributed by atoms with Gasteiger partial charge in [-0.05, 0) is 42.8 Å². The van der Waals surface area contributed by atoms with Crippen LogP contribution >= 0.6 is 11.6 Å². The second-order valence-electron chi connectivity index (χ2n) is 6.65. The van der Waals surface area contributed by atoms with Crippen LogP contribution in [0.1, 0.15) is 29.3 Å². The minimum absolute atomic E-state index is 0.0882. The maximum Gasteiger partial charge on any atom is 0.263 e. The van der Waals surface area contributed by atoms with Gasteiger partial charge in [0, 0.05) is 23.2 Å². The van der Waals surface area contributed by atoms with E-state index in [0.717, 1.165) is 11.3 Å². The number of benzene rings is 1. The molecule has 1 aliphatic heterocycles. The van der Waals surface area contributed by atoms with Crippen LogP contribution in [0.25, 0.3) is 0 Å². The van der Waals surface area contributed by atoms with Crippen LogP contribution in [0.5, 0.6) is 0 Å². The van der Waals surface area contributed by atoms with Crippen molar-refractivity contribution in [1.82, 2.24) is 9.58 Å². The van der Waals surface area contributed by atoms with Crippen molar-refractivity contribution in [3.05, 3.63) is 93.3 Å². The number of aromatic nitrogens is 1. The topological polar surface area (TPSA) is 67.8 Å². The summed E-state index contributed by atoms with van der Waals surface area (Å²) in [7, 11) is 0. The number of halogens is 1. The van der Waals surface area contributed by atoms with E-state index in [1.807, 2.05) is 18.2 Å². The smallest absolute Gasteiger partial charge is 0.263 e. The predicted molar refractivity (Wildman–Crippen MR) is 106 cm³/mol. The van der Waals surface area contributed by atoms with E-state index in [0.29, 0.717) is 22.8 Å². The third-order valence-electron chi connectivity index (χ3n) is 4.73. The molecule has 6 nitrogen and oxygen atoms in total. The molecule has 2 aromatic heterocycles. The van der Waals surface area contributed by atoms with Crippen LogP contribution in [0.4, 0.5) is 0 Å². The van der Waals surface area contributed by atoms with Gasteiger partial charge in [0.25, 0.3) is 11.5 Å². The highest BCUT2D eigenvalue weighted by molar-refractivity contribution is 6.30. The molecule has 0 saturated heterocycles. The number of nitrogens with zero attached hydrogens (tertiary/aromatic N) is 3. The fourth-order valence-electron chi connectivity index (χ4n) is 3.26. The van der Waals surface area contributed by atoms with Crippen LogP contribution in [-0.4, -0.2) is 21.2 Å². The van der Waals surface area contributed by atoms with Crippen molar-refractivity contribution in [3.63, 3.8) is 0 Å². The van der Waals surface area contributed by atoms with Crippen molar-refractivity contribution in [3.8, 4) is 0 Å². The Balaban J connectivity index is 1.66. The molecule has 4 rings (SSSR count). The fourth-order valence-corrected chi connectivity index (χ4v) is 3.39. The average molecular weight is 396 g/mol. The molecule has 0 saturated carbocycles. The summed E-state index contributed by atoms with van der Waals surface area (Å²) in [5.74, 6) is 0.371. The van der Waals surface area contributed by atoms with E-state index in [1.165, 1.54) is 9.58 Å². The monoisotopic (exact) mass is 395 g/mol. The zero-order chi connectivity index (χ0) is 19.7. The molecule has 1 atom stereocenters. The van der Waals surface area contributed by atoms with Gasteiger partial charge in [0.15, 0.2) is 0 Å². The second kappa shape index (κ2) is 7.48. The average Bonchev–Trinajstić information content (AvgIpc) is 3.35. The Morgan fingerprint density at radius 2 is 2.00 bits per heavy atom. The summed E-state index contributed by atoms with van der Waals surface area (Å²) in [6, 6.07) is 14.1. The standard InChI is InChI=1S/C21H18ClN3O3/c1-14-4-2-10-24(21(14)27)13-20(26)25-18(19-5-3-11-28-19)12-17(23-25)15-6-8-16(22)9-7-15/h2-11,18H,12-13H2,1H3. The Kier molecular flexibility index (Phi) is 4.88. The van der Waals surface area contributed by atoms with Crippen LogP contribution in [0.2, 0.25) is 5.02 Å². The Hall–Kier alpha value is -3.12. The first-order chi connectivity index (χ1) is 13.5. The minimum Gasteiger partial charge on any atom is -0.467 e. The summed E-state index contributed by atoms with van der Waals surface area (Å²) in [5.41, 5.74) is 2.06. The number of rotatable bonds is 4. The quantitative estimate of drug-likeness (QED) is 0.675. The fraction of sp³-hybridized carbons (Fsp3) is 0.190. The summed E-state index contributed by atoms with van der Waals surface area (Å²) in [6.45, 7) is 1.64. The normalized spacial score (nSPS) is 16.3. The third-order valence-corrected chi connectivity index (χ3v) is 4.98. The zero-order valence-corrected chi connectivity index (χ0v) is 16.0. The van der Waals surface area contributed by atoms with Gasteiger partial charge in [0.05, 0.1) is 12.0 Å². The van der Waals surface area contributed by atoms with Crippen LogP contribution in [0.15, 0.2) is 75.3 Å². The predicted octanol–water partition coefficient (Wildman–Crippen LogP) is 3.78. The van der Waals surface area contributed by atoms with Gasteiger partial charge < -0.3 is 8.98 Å². The van der Waals surface area contributed by atoms with Crippen LogP contribution in [-0.2, 0) is 11.3 Å². The van der Waals surface area contributed by atoms with E-state index in [2.05, 4.69) is 5.10 Å². The molecule has 1 amide bonds. The van der Waals surface area contributed by atoms with Gasteiger partial charge in [-0.15, -0.1) is 0 Å². The summed E-state index contributed by atoms with van der Waals surface area (Å²) in [6.07, 6.45) is 3.70. The largest absolute Gasteiger partial charge is 0.467 e. The van der Waals surface area contributed by atoms with E-state index in [9.17, 15) is 9.59 Å². The SMILES string of the molecule is Cc1cccn(CC(=O)N2N=C(c3ccc(Cl)cc3)CC2c2ccco2)c1=O. The van der Waals surface area contributed by atoms with Crippen LogP contribution in [0.3, 0.4) is 0 Å². The number of amides is 1. The van der Waals surface area contributed by atoms with E-state index in [-0.39, 0.29) is 24.1 Å². The van der Waals surface area contributed by atoms with Crippen LogP contribution < -0.4 is 5.56 Å². The minimum atomic E-state index is -0.353. The first-order valence-corrected chi connectivity index (χ1v) is 9.25. The molecule has 7 heteroatoms. The van der Waals surface area contributed by atoms with Crippen molar-refractivity contribution < 1.29 is 9.21 Å². The maximum absolute atomic E-state index is 13.0. The molecule has 1 unspecified atom stereocenters. The highest BCUT2D eigenvalue weighted by Crippen LogP contribution is 2.33. The molecule has 1 aliphatic rings. The van der Waals surface area contributed by atoms with Crippen molar-refractivity contribution in [1.29, 1.82) is 0 Å². The number of carbonyl (C=O) groups excluding carboxylic acids is 1. The second-order valence-corrected chi connectivity index (χ2v) is 7.09. The van der Waals surface area contributed by atoms with E-state index < -0.39 is 0 Å². The van der Waals surface area contributed by atoms with Crippen molar-refractivity contribution in [2.75, 3.05) is 0 Å². The third kappa shape index (κ3) is 3.51. The number of hydrogen-bond acceptors (Lipinski definition) is 4. The maximum atomic E-state index is 13.0. The molecule has 142 valence electrons. The van der Waals surface area contributed by atoms with Crippen molar-refractivity contribution in [2.45, 2.75) is 25.9 Å². The number of carbonyl (C=O) groups is 1. The number of pyridine rings is 1. The molecule has 28 heavy (non-hydrogen) atoms. The van der Waals surface area contributed by atoms with Gasteiger partial charge >= 0.3 is 0 Å². The van der Waals surface area contributed by atoms with E-state index >= 15 is 0 Å². The molecular weight excluding hydrogens is 378 g/mol. The number of hydrazone groups is 1. The highest BCUT2D eigenvalue weighted by Gasteiger charge is 2.34. The van der Waals surface area contributed by atoms with Crippen LogP contribution in [0, 0.1) is 6.92 Å². The van der Waals surface area contributed by atoms with Gasteiger partial charge in [0.2, 0.25) is 0 Å². The summed E-state index contributed by atoms with van der Waals surface area (Å²) < 4.78 is 6.93. The van der Waals surface area contributed by atoms with Gasteiger partial charge in [-0.3, -0.25) is 9.59 Å². The molecular formula is C21H18ClN3O3. The summed E-state index contributed by atoms with van der Waals surface area (Å²) in [4.78, 5) is 25.3. The van der Waals surface area contributed by atoms with Gasteiger partial charge in [-0.1, -0.05) is 29.8 Å². The molecule has 0 spiro atoms. The molecule has 3 heterocycles. The van der Waals surface area contributed by atoms with Crippen molar-refractivity contribution >= 4 is 23.2 Å².